The first-order valence-electron chi connectivity index (χ1n) is 10.5. The molecule has 0 fully saturated rings. The zero-order valence-electron chi connectivity index (χ0n) is 18.4. The largest absolute Gasteiger partial charge is 0.485 e. The maximum absolute atomic E-state index is 13.3. The minimum Gasteiger partial charge on any atom is -0.485 e. The van der Waals surface area contributed by atoms with Crippen LogP contribution in [0.2, 0.25) is 5.02 Å². The summed E-state index contributed by atoms with van der Waals surface area (Å²) < 4.78 is 21.2. The van der Waals surface area contributed by atoms with E-state index >= 15 is 0 Å². The molecule has 0 radical (unpaired) electrons. The molecule has 4 rings (SSSR count). The molecule has 0 bridgehead atoms. The van der Waals surface area contributed by atoms with Crippen molar-refractivity contribution in [2.45, 2.75) is 25.2 Å². The van der Waals surface area contributed by atoms with Crippen molar-refractivity contribution in [2.75, 3.05) is 11.1 Å². The van der Waals surface area contributed by atoms with Crippen LogP contribution >= 0.6 is 23.4 Å². The van der Waals surface area contributed by atoms with Crippen molar-refractivity contribution in [2.24, 2.45) is 0 Å². The van der Waals surface area contributed by atoms with Crippen LogP contribution in [-0.2, 0) is 17.9 Å². The van der Waals surface area contributed by atoms with Crippen LogP contribution in [0.1, 0.15) is 11.4 Å². The van der Waals surface area contributed by atoms with Gasteiger partial charge in [0.05, 0.1) is 10.8 Å². The first kappa shape index (κ1) is 23.8. The minimum absolute atomic E-state index is 0.0533. The maximum Gasteiger partial charge on any atom is 0.234 e. The molecule has 1 N–H and O–H groups in total. The number of aryl methyl sites for hydroxylation is 1. The van der Waals surface area contributed by atoms with Crippen molar-refractivity contribution in [1.29, 1.82) is 0 Å². The lowest BCUT2D eigenvalue weighted by Crippen LogP contribution is -2.15. The second-order valence-electron chi connectivity index (χ2n) is 7.46. The van der Waals surface area contributed by atoms with E-state index in [1.807, 2.05) is 35.8 Å². The second-order valence-corrected chi connectivity index (χ2v) is 8.81. The highest BCUT2D eigenvalue weighted by molar-refractivity contribution is 7.99. The zero-order chi connectivity index (χ0) is 24.1. The molecule has 9 heteroatoms. The fourth-order valence-corrected chi connectivity index (χ4v) is 4.40. The van der Waals surface area contributed by atoms with Crippen LogP contribution in [0.5, 0.6) is 5.75 Å². The smallest absolute Gasteiger partial charge is 0.234 e. The van der Waals surface area contributed by atoms with E-state index in [2.05, 4.69) is 34.2 Å². The molecule has 4 aromatic rings. The number of amides is 1. The molecule has 0 spiro atoms. The van der Waals surface area contributed by atoms with Crippen LogP contribution in [-0.4, -0.2) is 26.4 Å². The van der Waals surface area contributed by atoms with E-state index in [0.29, 0.717) is 23.2 Å². The Hall–Kier alpha value is -3.36. The Balaban J connectivity index is 1.42. The second kappa shape index (κ2) is 10.7. The quantitative estimate of drug-likeness (QED) is 0.226. The summed E-state index contributed by atoms with van der Waals surface area (Å²) in [4.78, 5) is 12.3. The van der Waals surface area contributed by atoms with E-state index in [1.54, 1.807) is 6.08 Å². The molecule has 0 aliphatic rings. The first-order valence-corrected chi connectivity index (χ1v) is 11.8. The predicted octanol–water partition coefficient (Wildman–Crippen LogP) is 6.03. The molecule has 1 heterocycles. The van der Waals surface area contributed by atoms with Crippen molar-refractivity contribution in [3.05, 3.63) is 89.5 Å². The molecule has 3 aromatic carbocycles. The van der Waals surface area contributed by atoms with E-state index in [-0.39, 0.29) is 23.3 Å². The number of rotatable bonds is 9. The van der Waals surface area contributed by atoms with Crippen LogP contribution in [0.4, 0.5) is 10.1 Å². The Morgan fingerprint density at radius 2 is 2.06 bits per heavy atom. The van der Waals surface area contributed by atoms with Crippen molar-refractivity contribution in [3.8, 4) is 5.75 Å². The van der Waals surface area contributed by atoms with Crippen LogP contribution in [0.3, 0.4) is 0 Å². The summed E-state index contributed by atoms with van der Waals surface area (Å²) in [5.41, 5.74) is 1.48. The summed E-state index contributed by atoms with van der Waals surface area (Å²) in [6.07, 6.45) is 1.73. The number of halogens is 2. The van der Waals surface area contributed by atoms with E-state index < -0.39 is 5.82 Å². The first-order chi connectivity index (χ1) is 16.5. The van der Waals surface area contributed by atoms with Crippen LogP contribution in [0, 0.1) is 12.7 Å². The number of carbonyl (C=O) groups excluding carboxylic acids is 1. The number of aromatic nitrogens is 3. The van der Waals surface area contributed by atoms with Gasteiger partial charge in [-0.1, -0.05) is 59.8 Å². The summed E-state index contributed by atoms with van der Waals surface area (Å²) in [7, 11) is 0. The van der Waals surface area contributed by atoms with Gasteiger partial charge in [0.2, 0.25) is 5.91 Å². The Kier molecular flexibility index (Phi) is 7.49. The molecule has 1 amide bonds. The molecule has 0 aliphatic heterocycles. The molecular formula is C25H22ClFN4O2S. The fourth-order valence-electron chi connectivity index (χ4n) is 3.45. The van der Waals surface area contributed by atoms with Gasteiger partial charge in [0, 0.05) is 12.2 Å². The minimum atomic E-state index is -0.541. The topological polar surface area (TPSA) is 69.0 Å². The number of nitrogens with one attached hydrogen (secondary N) is 1. The molecule has 174 valence electrons. The van der Waals surface area contributed by atoms with Gasteiger partial charge in [0.15, 0.2) is 11.0 Å². The molecule has 0 unspecified atom stereocenters. The van der Waals surface area contributed by atoms with Crippen LogP contribution in [0.15, 0.2) is 72.4 Å². The van der Waals surface area contributed by atoms with E-state index in [1.165, 1.54) is 30.0 Å². The van der Waals surface area contributed by atoms with Gasteiger partial charge in [-0.15, -0.1) is 16.8 Å². The number of anilines is 1. The summed E-state index contributed by atoms with van der Waals surface area (Å²) in [6, 6.07) is 16.1. The number of nitrogens with zero attached hydrogens (tertiary/aromatic N) is 3. The summed E-state index contributed by atoms with van der Waals surface area (Å²) in [5, 5.41) is 14.0. The standard InChI is InChI=1S/C25H22ClFN4O2S/c1-3-12-31-23(14-33-22-11-8-17-6-4-5-7-19(17)16(22)2)29-30-25(31)34-15-24(32)28-18-9-10-21(27)20(26)13-18/h3-11,13H,1,12,14-15H2,2H3,(H,28,32). The summed E-state index contributed by atoms with van der Waals surface area (Å²) >= 11 is 7.00. The van der Waals surface area contributed by atoms with Gasteiger partial charge < -0.3 is 10.1 Å². The number of thioether (sulfide) groups is 1. The monoisotopic (exact) mass is 496 g/mol. The van der Waals surface area contributed by atoms with Crippen molar-refractivity contribution in [1.82, 2.24) is 14.8 Å². The molecular weight excluding hydrogens is 475 g/mol. The van der Waals surface area contributed by atoms with Gasteiger partial charge >= 0.3 is 0 Å². The molecule has 1 aromatic heterocycles. The highest BCUT2D eigenvalue weighted by atomic mass is 35.5. The van der Waals surface area contributed by atoms with Crippen LogP contribution in [0.25, 0.3) is 10.8 Å². The number of carbonyl (C=O) groups is 1. The van der Waals surface area contributed by atoms with Crippen molar-refractivity contribution >= 4 is 45.7 Å². The van der Waals surface area contributed by atoms with Crippen LogP contribution < -0.4 is 10.1 Å². The Bertz CT molecular complexity index is 1360. The molecule has 0 aliphatic carbocycles. The van der Waals surface area contributed by atoms with Crippen molar-refractivity contribution in [3.63, 3.8) is 0 Å². The number of benzene rings is 3. The third-order valence-corrected chi connectivity index (χ3v) is 6.40. The lowest BCUT2D eigenvalue weighted by molar-refractivity contribution is -0.113. The molecule has 0 saturated heterocycles. The van der Waals surface area contributed by atoms with E-state index in [4.69, 9.17) is 16.3 Å². The number of hydrogen-bond donors (Lipinski definition) is 1. The van der Waals surface area contributed by atoms with Crippen molar-refractivity contribution < 1.29 is 13.9 Å². The maximum atomic E-state index is 13.3. The highest BCUT2D eigenvalue weighted by Crippen LogP contribution is 2.28. The molecule has 34 heavy (non-hydrogen) atoms. The van der Waals surface area contributed by atoms with Gasteiger partial charge in [0.25, 0.3) is 0 Å². The Morgan fingerprint density at radius 3 is 2.85 bits per heavy atom. The third-order valence-electron chi connectivity index (χ3n) is 5.15. The molecule has 0 atom stereocenters. The average Bonchev–Trinajstić information content (AvgIpc) is 3.21. The van der Waals surface area contributed by atoms with Gasteiger partial charge in [-0.2, -0.15) is 0 Å². The number of hydrogen-bond acceptors (Lipinski definition) is 5. The van der Waals surface area contributed by atoms with Gasteiger partial charge in [-0.3, -0.25) is 9.36 Å². The Labute approximate surface area is 205 Å². The summed E-state index contributed by atoms with van der Waals surface area (Å²) in [5.74, 6) is 0.680. The number of ether oxygens (including phenoxy) is 1. The lowest BCUT2D eigenvalue weighted by atomic mass is 10.0. The lowest BCUT2D eigenvalue weighted by Gasteiger charge is -2.12. The van der Waals surface area contributed by atoms with E-state index in [0.717, 1.165) is 22.1 Å². The SMILES string of the molecule is C=CCn1c(COc2ccc3ccccc3c2C)nnc1SCC(=O)Nc1ccc(F)c(Cl)c1. The van der Waals surface area contributed by atoms with Gasteiger partial charge in [-0.05, 0) is 47.5 Å². The van der Waals surface area contributed by atoms with E-state index in [9.17, 15) is 9.18 Å². The third kappa shape index (κ3) is 5.40. The predicted molar refractivity (Wildman–Crippen MR) is 134 cm³/mol. The molecule has 0 saturated carbocycles. The molecule has 6 nitrogen and oxygen atoms in total. The average molecular weight is 497 g/mol. The zero-order valence-corrected chi connectivity index (χ0v) is 20.0. The number of allylic oxidation sites excluding steroid dienone is 1. The normalized spacial score (nSPS) is 10.9. The highest BCUT2D eigenvalue weighted by Gasteiger charge is 2.15. The fraction of sp³-hybridized carbons (Fsp3) is 0.160. The van der Waals surface area contributed by atoms with Gasteiger partial charge in [-0.25, -0.2) is 4.39 Å². The number of fused-ring (bicyclic) bond motifs is 1. The Morgan fingerprint density at radius 1 is 1.24 bits per heavy atom. The van der Waals surface area contributed by atoms with Gasteiger partial charge in [0.1, 0.15) is 18.2 Å². The summed E-state index contributed by atoms with van der Waals surface area (Å²) in [6.45, 7) is 6.53.